The third-order valence-electron chi connectivity index (χ3n) is 9.46. The molecule has 1 heterocycles. The van der Waals surface area contributed by atoms with Crippen LogP contribution in [0, 0.1) is 28.6 Å². The van der Waals surface area contributed by atoms with E-state index in [9.17, 15) is 4.79 Å². The van der Waals surface area contributed by atoms with Gasteiger partial charge in [-0.3, -0.25) is 4.79 Å². The molecule has 0 aromatic heterocycles. The molecule has 164 valence electrons. The molecule has 1 saturated heterocycles. The van der Waals surface area contributed by atoms with Crippen LogP contribution in [0.25, 0.3) is 0 Å². The molecule has 0 radical (unpaired) electrons. The first-order valence-corrected chi connectivity index (χ1v) is 12.5. The first-order chi connectivity index (χ1) is 14.3. The molecule has 5 unspecified atom stereocenters. The van der Waals surface area contributed by atoms with Crippen LogP contribution < -0.4 is 5.73 Å². The lowest BCUT2D eigenvalue weighted by Crippen LogP contribution is -2.57. The molecule has 5 fully saturated rings. The zero-order chi connectivity index (χ0) is 21.1. The van der Waals surface area contributed by atoms with Gasteiger partial charge < -0.3 is 10.6 Å². The SMILES string of the molecule is CC1(C)CN(C(=O)C23CC4CC(c5ccccc5)(CC2C4CCCCl)C3)CC[C@@H]1N. The Bertz CT molecular complexity index is 811. The van der Waals surface area contributed by atoms with E-state index in [1.807, 2.05) is 0 Å². The summed E-state index contributed by atoms with van der Waals surface area (Å²) in [6.45, 7) is 6.08. The standard InChI is InChI=1S/C26H37ClN2O/c1-24(2)17-29(12-10-22(24)28)23(30)26-14-18-13-25(16-26,19-7-4-3-5-8-19)15-21(26)20(18)9-6-11-27/h3-5,7-8,18,20-22H,6,9-17,28H2,1-2H3/t18?,20?,21?,22-,25?,26?/m0/s1. The van der Waals surface area contributed by atoms with E-state index in [4.69, 9.17) is 17.3 Å². The number of hydrogen-bond donors (Lipinski definition) is 1. The van der Waals surface area contributed by atoms with Gasteiger partial charge in [0.25, 0.3) is 0 Å². The number of nitrogens with zero attached hydrogens (tertiary/aromatic N) is 1. The maximum atomic E-state index is 14.2. The van der Waals surface area contributed by atoms with E-state index in [0.717, 1.165) is 44.7 Å². The number of alkyl halides is 1. The number of carbonyl (C=O) groups is 1. The smallest absolute Gasteiger partial charge is 0.229 e. The summed E-state index contributed by atoms with van der Waals surface area (Å²) in [5, 5.41) is 0. The van der Waals surface area contributed by atoms with Gasteiger partial charge in [0.15, 0.2) is 0 Å². The van der Waals surface area contributed by atoms with Crippen molar-refractivity contribution in [3.8, 4) is 0 Å². The third kappa shape index (κ3) is 2.98. The number of rotatable bonds is 5. The zero-order valence-corrected chi connectivity index (χ0v) is 19.3. The fourth-order valence-corrected chi connectivity index (χ4v) is 8.25. The van der Waals surface area contributed by atoms with Crippen molar-refractivity contribution in [3.63, 3.8) is 0 Å². The monoisotopic (exact) mass is 428 g/mol. The maximum absolute atomic E-state index is 14.2. The van der Waals surface area contributed by atoms with Gasteiger partial charge in [-0.1, -0.05) is 44.2 Å². The third-order valence-corrected chi connectivity index (χ3v) is 9.73. The Morgan fingerprint density at radius 1 is 1.20 bits per heavy atom. The van der Waals surface area contributed by atoms with E-state index in [1.54, 1.807) is 0 Å². The second-order valence-corrected chi connectivity index (χ2v) is 11.9. The van der Waals surface area contributed by atoms with E-state index < -0.39 is 0 Å². The van der Waals surface area contributed by atoms with Crippen molar-refractivity contribution in [1.29, 1.82) is 0 Å². The van der Waals surface area contributed by atoms with E-state index in [2.05, 4.69) is 49.1 Å². The van der Waals surface area contributed by atoms with Gasteiger partial charge in [0, 0.05) is 25.0 Å². The Morgan fingerprint density at radius 2 is 1.97 bits per heavy atom. The summed E-state index contributed by atoms with van der Waals surface area (Å²) in [4.78, 5) is 16.4. The number of benzene rings is 1. The lowest BCUT2D eigenvalue weighted by molar-refractivity contribution is -0.148. The average Bonchev–Trinajstić information content (AvgIpc) is 3.11. The van der Waals surface area contributed by atoms with E-state index >= 15 is 0 Å². The van der Waals surface area contributed by atoms with Gasteiger partial charge in [-0.05, 0) is 79.1 Å². The highest BCUT2D eigenvalue weighted by Gasteiger charge is 2.71. The molecule has 1 aromatic carbocycles. The number of likely N-dealkylation sites (tertiary alicyclic amines) is 1. The summed E-state index contributed by atoms with van der Waals surface area (Å²) in [5.41, 5.74) is 7.88. The Labute approximate surface area is 186 Å². The molecule has 6 rings (SSSR count). The molecule has 4 heteroatoms. The molecule has 30 heavy (non-hydrogen) atoms. The zero-order valence-electron chi connectivity index (χ0n) is 18.6. The fourth-order valence-electron chi connectivity index (χ4n) is 8.10. The molecule has 1 amide bonds. The van der Waals surface area contributed by atoms with Crippen LogP contribution >= 0.6 is 11.6 Å². The van der Waals surface area contributed by atoms with Gasteiger partial charge >= 0.3 is 0 Å². The molecular weight excluding hydrogens is 392 g/mol. The van der Waals surface area contributed by atoms with Gasteiger partial charge in [0.05, 0.1) is 5.41 Å². The topological polar surface area (TPSA) is 46.3 Å². The molecule has 1 aromatic rings. The minimum absolute atomic E-state index is 0.00465. The van der Waals surface area contributed by atoms with Crippen molar-refractivity contribution in [2.24, 2.45) is 34.3 Å². The van der Waals surface area contributed by atoms with Crippen LogP contribution in [-0.4, -0.2) is 35.8 Å². The van der Waals surface area contributed by atoms with Crippen molar-refractivity contribution in [2.45, 2.75) is 70.3 Å². The first kappa shape index (κ1) is 20.8. The largest absolute Gasteiger partial charge is 0.342 e. The van der Waals surface area contributed by atoms with Crippen LogP contribution in [0.2, 0.25) is 0 Å². The number of nitrogens with two attached hydrogens (primary N) is 1. The predicted molar refractivity (Wildman–Crippen MR) is 122 cm³/mol. The maximum Gasteiger partial charge on any atom is 0.229 e. The quantitative estimate of drug-likeness (QED) is 0.673. The van der Waals surface area contributed by atoms with Gasteiger partial charge in [-0.15, -0.1) is 11.6 Å². The summed E-state index contributed by atoms with van der Waals surface area (Å²) in [7, 11) is 0. The van der Waals surface area contributed by atoms with Crippen molar-refractivity contribution < 1.29 is 4.79 Å². The lowest BCUT2D eigenvalue weighted by atomic mass is 9.61. The summed E-state index contributed by atoms with van der Waals surface area (Å²) in [6, 6.07) is 11.3. The Balaban J connectivity index is 1.48. The Kier molecular flexibility index (Phi) is 5.02. The minimum atomic E-state index is -0.159. The molecule has 3 nitrogen and oxygen atoms in total. The molecule has 4 bridgehead atoms. The van der Waals surface area contributed by atoms with E-state index in [0.29, 0.717) is 23.7 Å². The van der Waals surface area contributed by atoms with Crippen LogP contribution in [0.15, 0.2) is 30.3 Å². The molecule has 4 saturated carbocycles. The molecule has 5 aliphatic rings. The van der Waals surface area contributed by atoms with Crippen molar-refractivity contribution in [2.75, 3.05) is 19.0 Å². The number of carbonyl (C=O) groups excluding carboxylic acids is 1. The van der Waals surface area contributed by atoms with Crippen LogP contribution in [0.1, 0.15) is 64.4 Å². The number of amides is 1. The first-order valence-electron chi connectivity index (χ1n) is 12.0. The second kappa shape index (κ2) is 7.24. The van der Waals surface area contributed by atoms with Crippen LogP contribution in [-0.2, 0) is 10.2 Å². The highest BCUT2D eigenvalue weighted by atomic mass is 35.5. The highest BCUT2D eigenvalue weighted by Crippen LogP contribution is 2.73. The lowest BCUT2D eigenvalue weighted by Gasteiger charge is -2.47. The van der Waals surface area contributed by atoms with Crippen molar-refractivity contribution in [1.82, 2.24) is 4.90 Å². The molecule has 1 aliphatic heterocycles. The van der Waals surface area contributed by atoms with Crippen LogP contribution in [0.5, 0.6) is 0 Å². The molecular formula is C26H37ClN2O. The summed E-state index contributed by atoms with van der Waals surface area (Å²) < 4.78 is 0. The molecule has 4 aliphatic carbocycles. The van der Waals surface area contributed by atoms with E-state index in [-0.39, 0.29) is 22.3 Å². The van der Waals surface area contributed by atoms with Crippen LogP contribution in [0.4, 0.5) is 0 Å². The average molecular weight is 429 g/mol. The van der Waals surface area contributed by atoms with Crippen molar-refractivity contribution in [3.05, 3.63) is 35.9 Å². The van der Waals surface area contributed by atoms with Gasteiger partial charge in [-0.25, -0.2) is 0 Å². The van der Waals surface area contributed by atoms with E-state index in [1.165, 1.54) is 24.8 Å². The van der Waals surface area contributed by atoms with Gasteiger partial charge in [-0.2, -0.15) is 0 Å². The number of piperidine rings is 1. The van der Waals surface area contributed by atoms with Gasteiger partial charge in [0.2, 0.25) is 5.91 Å². The minimum Gasteiger partial charge on any atom is -0.342 e. The van der Waals surface area contributed by atoms with Gasteiger partial charge in [0.1, 0.15) is 0 Å². The van der Waals surface area contributed by atoms with Crippen LogP contribution in [0.3, 0.4) is 0 Å². The Morgan fingerprint density at radius 3 is 2.67 bits per heavy atom. The second-order valence-electron chi connectivity index (χ2n) is 11.6. The summed E-state index contributed by atoms with van der Waals surface area (Å²) in [5.74, 6) is 3.05. The molecule has 2 N–H and O–H groups in total. The Hall–Kier alpha value is -1.06. The normalized spacial score (nSPS) is 41.4. The number of hydrogen-bond acceptors (Lipinski definition) is 2. The summed E-state index contributed by atoms with van der Waals surface area (Å²) in [6.07, 6.45) is 7.77. The number of halogens is 1. The summed E-state index contributed by atoms with van der Waals surface area (Å²) >= 11 is 6.08. The van der Waals surface area contributed by atoms with Crippen molar-refractivity contribution >= 4 is 17.5 Å². The molecule has 6 atom stereocenters. The molecule has 0 spiro atoms. The highest BCUT2D eigenvalue weighted by molar-refractivity contribution is 6.17. The fraction of sp³-hybridized carbons (Fsp3) is 0.731. The predicted octanol–water partition coefficient (Wildman–Crippen LogP) is 4.97.